The minimum Gasteiger partial charge on any atom is -0.383 e. The van der Waals surface area contributed by atoms with Gasteiger partial charge in [0.15, 0.2) is 0 Å². The van der Waals surface area contributed by atoms with E-state index >= 15 is 0 Å². The SMILES string of the molecule is CCC(COC)NC(=O)C1CCC(=O)NC1. The van der Waals surface area contributed by atoms with Crippen LogP contribution in [0.25, 0.3) is 0 Å². The summed E-state index contributed by atoms with van der Waals surface area (Å²) in [5.41, 5.74) is 0. The Morgan fingerprint density at radius 1 is 1.69 bits per heavy atom. The van der Waals surface area contributed by atoms with E-state index < -0.39 is 0 Å². The van der Waals surface area contributed by atoms with Crippen LogP contribution in [-0.4, -0.2) is 38.1 Å². The third kappa shape index (κ3) is 3.81. The van der Waals surface area contributed by atoms with Crippen molar-refractivity contribution in [3.8, 4) is 0 Å². The number of piperidine rings is 1. The van der Waals surface area contributed by atoms with Crippen LogP contribution in [-0.2, 0) is 14.3 Å². The van der Waals surface area contributed by atoms with Crippen molar-refractivity contribution in [1.29, 1.82) is 0 Å². The average molecular weight is 228 g/mol. The lowest BCUT2D eigenvalue weighted by atomic mass is 9.98. The second-order valence-electron chi connectivity index (χ2n) is 4.11. The number of hydrogen-bond donors (Lipinski definition) is 2. The predicted molar refractivity (Wildman–Crippen MR) is 59.8 cm³/mol. The lowest BCUT2D eigenvalue weighted by Crippen LogP contribution is -2.46. The highest BCUT2D eigenvalue weighted by molar-refractivity contribution is 5.83. The highest BCUT2D eigenvalue weighted by Gasteiger charge is 2.25. The van der Waals surface area contributed by atoms with Crippen molar-refractivity contribution in [2.24, 2.45) is 5.92 Å². The van der Waals surface area contributed by atoms with Crippen LogP contribution in [0.5, 0.6) is 0 Å². The molecule has 1 saturated heterocycles. The molecule has 2 atom stereocenters. The Hall–Kier alpha value is -1.10. The summed E-state index contributed by atoms with van der Waals surface area (Å²) >= 11 is 0. The Morgan fingerprint density at radius 2 is 2.44 bits per heavy atom. The van der Waals surface area contributed by atoms with Gasteiger partial charge in [0.2, 0.25) is 11.8 Å². The molecule has 0 aromatic heterocycles. The standard InChI is InChI=1S/C11H20N2O3/c1-3-9(7-16-2)13-11(15)8-4-5-10(14)12-6-8/h8-9H,3-7H2,1-2H3,(H,12,14)(H,13,15). The van der Waals surface area contributed by atoms with Gasteiger partial charge in [-0.3, -0.25) is 9.59 Å². The summed E-state index contributed by atoms with van der Waals surface area (Å²) in [6.45, 7) is 2.99. The van der Waals surface area contributed by atoms with Crippen LogP contribution in [0.2, 0.25) is 0 Å². The summed E-state index contributed by atoms with van der Waals surface area (Å²) in [4.78, 5) is 22.8. The van der Waals surface area contributed by atoms with Crippen LogP contribution in [0, 0.1) is 5.92 Å². The van der Waals surface area contributed by atoms with Gasteiger partial charge in [-0.15, -0.1) is 0 Å². The van der Waals surface area contributed by atoms with E-state index in [0.717, 1.165) is 6.42 Å². The molecule has 5 heteroatoms. The Labute approximate surface area is 95.9 Å². The fourth-order valence-electron chi connectivity index (χ4n) is 1.74. The summed E-state index contributed by atoms with van der Waals surface area (Å²) in [6.07, 6.45) is 1.93. The molecule has 92 valence electrons. The number of ether oxygens (including phenoxy) is 1. The van der Waals surface area contributed by atoms with Gasteiger partial charge in [0, 0.05) is 20.1 Å². The van der Waals surface area contributed by atoms with Crippen molar-refractivity contribution in [2.75, 3.05) is 20.3 Å². The third-order valence-electron chi connectivity index (χ3n) is 2.84. The van der Waals surface area contributed by atoms with E-state index in [-0.39, 0.29) is 23.8 Å². The maximum absolute atomic E-state index is 11.8. The lowest BCUT2D eigenvalue weighted by Gasteiger charge is -2.24. The van der Waals surface area contributed by atoms with Crippen molar-refractivity contribution in [3.05, 3.63) is 0 Å². The van der Waals surface area contributed by atoms with E-state index in [0.29, 0.717) is 26.0 Å². The quantitative estimate of drug-likeness (QED) is 0.699. The van der Waals surface area contributed by atoms with Crippen molar-refractivity contribution < 1.29 is 14.3 Å². The molecule has 1 aliphatic rings. The van der Waals surface area contributed by atoms with Crippen LogP contribution < -0.4 is 10.6 Å². The van der Waals surface area contributed by atoms with Crippen LogP contribution in [0.15, 0.2) is 0 Å². The van der Waals surface area contributed by atoms with E-state index in [2.05, 4.69) is 10.6 Å². The number of hydrogen-bond acceptors (Lipinski definition) is 3. The molecule has 0 aromatic carbocycles. The average Bonchev–Trinajstić information content (AvgIpc) is 2.29. The highest BCUT2D eigenvalue weighted by Crippen LogP contribution is 2.11. The third-order valence-corrected chi connectivity index (χ3v) is 2.84. The molecule has 0 aromatic rings. The van der Waals surface area contributed by atoms with Gasteiger partial charge in [-0.25, -0.2) is 0 Å². The molecule has 0 spiro atoms. The van der Waals surface area contributed by atoms with Crippen molar-refractivity contribution >= 4 is 11.8 Å². The molecule has 2 amide bonds. The first-order chi connectivity index (χ1) is 7.67. The normalized spacial score (nSPS) is 22.4. The fraction of sp³-hybridized carbons (Fsp3) is 0.818. The fourth-order valence-corrected chi connectivity index (χ4v) is 1.74. The van der Waals surface area contributed by atoms with Crippen LogP contribution in [0.1, 0.15) is 26.2 Å². The molecular formula is C11H20N2O3. The molecule has 1 aliphatic heterocycles. The zero-order valence-corrected chi connectivity index (χ0v) is 9.91. The monoisotopic (exact) mass is 228 g/mol. The zero-order valence-electron chi connectivity index (χ0n) is 9.91. The van der Waals surface area contributed by atoms with Gasteiger partial charge in [-0.1, -0.05) is 6.92 Å². The molecule has 16 heavy (non-hydrogen) atoms. The van der Waals surface area contributed by atoms with E-state index in [1.807, 2.05) is 6.92 Å². The summed E-state index contributed by atoms with van der Waals surface area (Å²) < 4.78 is 5.02. The van der Waals surface area contributed by atoms with Crippen molar-refractivity contribution in [2.45, 2.75) is 32.2 Å². The molecule has 0 saturated carbocycles. The minimum atomic E-state index is -0.0939. The van der Waals surface area contributed by atoms with Crippen LogP contribution >= 0.6 is 0 Å². The minimum absolute atomic E-state index is 0.0175. The predicted octanol–water partition coefficient (Wildman–Crippen LogP) is 0.0538. The van der Waals surface area contributed by atoms with Gasteiger partial charge in [0.05, 0.1) is 18.6 Å². The van der Waals surface area contributed by atoms with Gasteiger partial charge in [-0.05, 0) is 12.8 Å². The first kappa shape index (κ1) is 13.0. The molecule has 0 bridgehead atoms. The van der Waals surface area contributed by atoms with Gasteiger partial charge in [-0.2, -0.15) is 0 Å². The molecule has 0 aliphatic carbocycles. The molecule has 2 unspecified atom stereocenters. The highest BCUT2D eigenvalue weighted by atomic mass is 16.5. The van der Waals surface area contributed by atoms with E-state index in [1.165, 1.54) is 0 Å². The Balaban J connectivity index is 2.36. The molecular weight excluding hydrogens is 208 g/mol. The van der Waals surface area contributed by atoms with Crippen molar-refractivity contribution in [3.63, 3.8) is 0 Å². The number of methoxy groups -OCH3 is 1. The Bertz CT molecular complexity index is 246. The Morgan fingerprint density at radius 3 is 2.94 bits per heavy atom. The van der Waals surface area contributed by atoms with E-state index in [1.54, 1.807) is 7.11 Å². The number of nitrogens with one attached hydrogen (secondary N) is 2. The zero-order chi connectivity index (χ0) is 12.0. The largest absolute Gasteiger partial charge is 0.383 e. The first-order valence-electron chi connectivity index (χ1n) is 5.73. The van der Waals surface area contributed by atoms with Gasteiger partial charge in [0.25, 0.3) is 0 Å². The maximum Gasteiger partial charge on any atom is 0.225 e. The van der Waals surface area contributed by atoms with Gasteiger partial charge >= 0.3 is 0 Å². The van der Waals surface area contributed by atoms with Crippen LogP contribution in [0.4, 0.5) is 0 Å². The second kappa shape index (κ2) is 6.48. The van der Waals surface area contributed by atoms with Gasteiger partial charge in [0.1, 0.15) is 0 Å². The summed E-state index contributed by atoms with van der Waals surface area (Å²) in [6, 6.07) is 0.0649. The van der Waals surface area contributed by atoms with Gasteiger partial charge < -0.3 is 15.4 Å². The summed E-state index contributed by atoms with van der Waals surface area (Å²) in [5, 5.41) is 5.64. The second-order valence-corrected chi connectivity index (χ2v) is 4.11. The molecule has 2 N–H and O–H groups in total. The van der Waals surface area contributed by atoms with Crippen LogP contribution in [0.3, 0.4) is 0 Å². The summed E-state index contributed by atoms with van der Waals surface area (Å²) in [7, 11) is 1.62. The Kier molecular flexibility index (Phi) is 5.25. The van der Waals surface area contributed by atoms with E-state index in [9.17, 15) is 9.59 Å². The maximum atomic E-state index is 11.8. The number of carbonyl (C=O) groups is 2. The lowest BCUT2D eigenvalue weighted by molar-refractivity contribution is -0.129. The molecule has 1 heterocycles. The topological polar surface area (TPSA) is 67.4 Å². The number of amides is 2. The summed E-state index contributed by atoms with van der Waals surface area (Å²) in [5.74, 6) is -0.0412. The van der Waals surface area contributed by atoms with E-state index in [4.69, 9.17) is 4.74 Å². The first-order valence-corrected chi connectivity index (χ1v) is 5.73. The number of carbonyl (C=O) groups excluding carboxylic acids is 2. The molecule has 1 fully saturated rings. The molecule has 0 radical (unpaired) electrons. The number of rotatable bonds is 5. The smallest absolute Gasteiger partial charge is 0.225 e. The van der Waals surface area contributed by atoms with Crippen molar-refractivity contribution in [1.82, 2.24) is 10.6 Å². The molecule has 5 nitrogen and oxygen atoms in total. The molecule has 1 rings (SSSR count).